The Labute approximate surface area is 114 Å². The van der Waals surface area contributed by atoms with Gasteiger partial charge in [-0.15, -0.1) is 0 Å². The highest BCUT2D eigenvalue weighted by atomic mass is 19.4. The normalized spacial score (nSPS) is 10.5. The molecule has 1 N–H and O–H groups in total. The van der Waals surface area contributed by atoms with Crippen molar-refractivity contribution in [3.8, 4) is 17.9 Å². The zero-order chi connectivity index (χ0) is 16.0. The molecule has 0 unspecified atom stereocenters. The molecule has 0 atom stereocenters. The van der Waals surface area contributed by atoms with Gasteiger partial charge in [0.15, 0.2) is 0 Å². The Morgan fingerprint density at radius 1 is 1.24 bits per heavy atom. The molecule has 0 amide bonds. The molecule has 10 heteroatoms. The summed E-state index contributed by atoms with van der Waals surface area (Å²) in [6.07, 6.45) is -4.79. The van der Waals surface area contributed by atoms with E-state index in [1.54, 1.807) is 0 Å². The fourth-order valence-corrected chi connectivity index (χ4v) is 1.23. The maximum absolute atomic E-state index is 12.7. The molecule has 0 aliphatic carbocycles. The summed E-state index contributed by atoms with van der Waals surface area (Å²) in [5.41, 5.74) is -0.852. The van der Waals surface area contributed by atoms with Gasteiger partial charge in [0.25, 0.3) is 0 Å². The summed E-state index contributed by atoms with van der Waals surface area (Å²) in [6, 6.07) is 4.49. The molecule has 0 aromatic heterocycles. The van der Waals surface area contributed by atoms with Crippen LogP contribution in [0.2, 0.25) is 0 Å². The zero-order valence-electron chi connectivity index (χ0n) is 9.95. The topological polar surface area (TPSA) is 81.2 Å². The Hall–Kier alpha value is -2.88. The van der Waals surface area contributed by atoms with E-state index in [-0.39, 0.29) is 0 Å². The lowest BCUT2D eigenvalue weighted by atomic mass is 10.1. The van der Waals surface area contributed by atoms with E-state index in [2.05, 4.69) is 9.84 Å². The van der Waals surface area contributed by atoms with Crippen LogP contribution in [-0.2, 0) is 6.18 Å². The van der Waals surface area contributed by atoms with Crippen LogP contribution in [0, 0.1) is 22.7 Å². The van der Waals surface area contributed by atoms with Gasteiger partial charge in [0, 0.05) is 6.07 Å². The minimum absolute atomic E-state index is 0.508. The maximum atomic E-state index is 12.7. The fraction of sp³-hybridized carbons (Fsp3) is 0.182. The number of hydrazone groups is 1. The first kappa shape index (κ1) is 16.2. The molecule has 0 aliphatic rings. The first-order valence-corrected chi connectivity index (χ1v) is 5.08. The number of benzene rings is 1. The Bertz CT molecular complexity index is 611. The van der Waals surface area contributed by atoms with E-state index in [0.29, 0.717) is 18.2 Å². The van der Waals surface area contributed by atoms with Crippen LogP contribution in [0.3, 0.4) is 0 Å². The molecule has 0 saturated heterocycles. The second kappa shape index (κ2) is 6.52. The van der Waals surface area contributed by atoms with E-state index in [1.165, 1.54) is 12.1 Å². The summed E-state index contributed by atoms with van der Waals surface area (Å²) in [4.78, 5) is 0. The predicted molar refractivity (Wildman–Crippen MR) is 60.4 cm³/mol. The van der Waals surface area contributed by atoms with E-state index in [0.717, 1.165) is 0 Å². The molecular weight excluding hydrogens is 299 g/mol. The van der Waals surface area contributed by atoms with Gasteiger partial charge < -0.3 is 4.74 Å². The van der Waals surface area contributed by atoms with Crippen LogP contribution < -0.4 is 10.2 Å². The predicted octanol–water partition coefficient (Wildman–Crippen LogP) is 3.12. The van der Waals surface area contributed by atoms with Crippen molar-refractivity contribution in [1.82, 2.24) is 0 Å². The van der Waals surface area contributed by atoms with Crippen LogP contribution in [-0.4, -0.2) is 12.3 Å². The number of hydrogen-bond acceptors (Lipinski definition) is 5. The third kappa shape index (κ3) is 4.62. The highest BCUT2D eigenvalue weighted by molar-refractivity contribution is 6.10. The van der Waals surface area contributed by atoms with Gasteiger partial charge in [-0.05, 0) is 12.1 Å². The number of alkyl halides is 5. The van der Waals surface area contributed by atoms with Crippen molar-refractivity contribution >= 4 is 11.4 Å². The Morgan fingerprint density at radius 2 is 1.86 bits per heavy atom. The highest BCUT2D eigenvalue weighted by Crippen LogP contribution is 2.37. The van der Waals surface area contributed by atoms with E-state index >= 15 is 0 Å². The molecule has 21 heavy (non-hydrogen) atoms. The van der Waals surface area contributed by atoms with Gasteiger partial charge in [-0.3, -0.25) is 5.43 Å². The summed E-state index contributed by atoms with van der Waals surface area (Å²) < 4.78 is 66.2. The van der Waals surface area contributed by atoms with Gasteiger partial charge in [-0.25, -0.2) is 0 Å². The van der Waals surface area contributed by atoms with Gasteiger partial charge in [0.05, 0.1) is 11.3 Å². The zero-order valence-corrected chi connectivity index (χ0v) is 9.95. The van der Waals surface area contributed by atoms with Crippen LogP contribution in [0.5, 0.6) is 5.75 Å². The summed E-state index contributed by atoms with van der Waals surface area (Å²) in [7, 11) is 0. The van der Waals surface area contributed by atoms with Crippen LogP contribution in [0.4, 0.5) is 27.6 Å². The third-order valence-electron chi connectivity index (χ3n) is 2.02. The summed E-state index contributed by atoms with van der Waals surface area (Å²) in [5.74, 6) is -0.536. The first-order valence-electron chi connectivity index (χ1n) is 5.08. The quantitative estimate of drug-likeness (QED) is 0.526. The minimum atomic E-state index is -4.79. The molecule has 1 rings (SSSR count). The van der Waals surface area contributed by atoms with Gasteiger partial charge in [0.2, 0.25) is 5.71 Å². The van der Waals surface area contributed by atoms with Crippen LogP contribution >= 0.6 is 0 Å². The summed E-state index contributed by atoms with van der Waals surface area (Å²) in [6.45, 7) is -3.22. The van der Waals surface area contributed by atoms with Crippen molar-refractivity contribution in [3.63, 3.8) is 0 Å². The van der Waals surface area contributed by atoms with Crippen LogP contribution in [0.1, 0.15) is 5.56 Å². The molecule has 0 radical (unpaired) electrons. The number of nitrogens with one attached hydrogen (secondary N) is 1. The molecule has 1 aromatic rings. The number of rotatable bonds is 4. The third-order valence-corrected chi connectivity index (χ3v) is 2.02. The molecule has 0 fully saturated rings. The van der Waals surface area contributed by atoms with E-state index < -0.39 is 35.5 Å². The number of nitrogens with zero attached hydrogens (tertiary/aromatic N) is 3. The number of anilines is 1. The number of nitriles is 2. The van der Waals surface area contributed by atoms with Crippen molar-refractivity contribution in [2.75, 3.05) is 5.43 Å². The average molecular weight is 304 g/mol. The molecular formula is C11H5F5N4O. The second-order valence-electron chi connectivity index (χ2n) is 3.38. The average Bonchev–Trinajstić information content (AvgIpc) is 2.38. The summed E-state index contributed by atoms with van der Waals surface area (Å²) >= 11 is 0. The van der Waals surface area contributed by atoms with Crippen molar-refractivity contribution in [2.24, 2.45) is 5.10 Å². The molecule has 0 bridgehead atoms. The smallest absolute Gasteiger partial charge is 0.418 e. The Balaban J connectivity index is 3.21. The maximum Gasteiger partial charge on any atom is 0.418 e. The molecule has 5 nitrogen and oxygen atoms in total. The summed E-state index contributed by atoms with van der Waals surface area (Å²) in [5, 5.41) is 20.0. The van der Waals surface area contributed by atoms with Gasteiger partial charge in [0.1, 0.15) is 17.9 Å². The number of ether oxygens (including phenoxy) is 1. The Morgan fingerprint density at radius 3 is 2.33 bits per heavy atom. The second-order valence-corrected chi connectivity index (χ2v) is 3.38. The molecule has 1 aromatic carbocycles. The number of hydrogen-bond donors (Lipinski definition) is 1. The van der Waals surface area contributed by atoms with E-state index in [4.69, 9.17) is 10.5 Å². The molecule has 0 aliphatic heterocycles. The van der Waals surface area contributed by atoms with Gasteiger partial charge in [-0.2, -0.15) is 37.6 Å². The number of halogens is 5. The molecule has 0 spiro atoms. The molecule has 0 heterocycles. The first-order chi connectivity index (χ1) is 9.77. The van der Waals surface area contributed by atoms with Gasteiger partial charge >= 0.3 is 12.8 Å². The van der Waals surface area contributed by atoms with Gasteiger partial charge in [-0.1, -0.05) is 0 Å². The van der Waals surface area contributed by atoms with E-state index in [1.807, 2.05) is 5.43 Å². The van der Waals surface area contributed by atoms with Crippen molar-refractivity contribution < 1.29 is 26.7 Å². The standard InChI is InChI=1S/C11H5F5N4O/c12-10(13)21-7-1-2-8(11(14,15)16)9(3-7)20-19-6(4-17)5-18/h1-3,10,20H. The molecule has 0 saturated carbocycles. The molecule has 110 valence electrons. The van der Waals surface area contributed by atoms with Crippen molar-refractivity contribution in [3.05, 3.63) is 23.8 Å². The largest absolute Gasteiger partial charge is 0.435 e. The van der Waals surface area contributed by atoms with Crippen LogP contribution in [0.25, 0.3) is 0 Å². The van der Waals surface area contributed by atoms with Crippen LogP contribution in [0.15, 0.2) is 23.3 Å². The lowest BCUT2D eigenvalue weighted by molar-refractivity contribution is -0.137. The highest BCUT2D eigenvalue weighted by Gasteiger charge is 2.34. The monoisotopic (exact) mass is 304 g/mol. The van der Waals surface area contributed by atoms with E-state index in [9.17, 15) is 22.0 Å². The Kier molecular flexibility index (Phi) is 5.02. The van der Waals surface area contributed by atoms with Crippen molar-refractivity contribution in [1.29, 1.82) is 10.5 Å². The lowest BCUT2D eigenvalue weighted by Gasteiger charge is -2.14. The fourth-order valence-electron chi connectivity index (χ4n) is 1.23. The van der Waals surface area contributed by atoms with Crippen molar-refractivity contribution in [2.45, 2.75) is 12.8 Å². The lowest BCUT2D eigenvalue weighted by Crippen LogP contribution is -2.10. The SMILES string of the molecule is N#CC(C#N)=NNc1cc(OC(F)F)ccc1C(F)(F)F. The minimum Gasteiger partial charge on any atom is -0.435 e.